The van der Waals surface area contributed by atoms with Gasteiger partial charge in [0.15, 0.2) is 0 Å². The minimum Gasteiger partial charge on any atom is -0.370 e. The molecule has 1 saturated heterocycles. The molecule has 0 amide bonds. The van der Waals surface area contributed by atoms with Crippen molar-refractivity contribution in [2.75, 3.05) is 23.9 Å². The summed E-state index contributed by atoms with van der Waals surface area (Å²) in [6.45, 7) is 4.97. The molecule has 19 heavy (non-hydrogen) atoms. The molecule has 1 atom stereocenters. The van der Waals surface area contributed by atoms with Crippen LogP contribution in [0.3, 0.4) is 0 Å². The molecule has 0 radical (unpaired) electrons. The molecule has 2 rings (SSSR count). The Morgan fingerprint density at radius 1 is 1.47 bits per heavy atom. The van der Waals surface area contributed by atoms with E-state index in [0.717, 1.165) is 31.6 Å². The lowest BCUT2D eigenvalue weighted by Gasteiger charge is -2.32. The van der Waals surface area contributed by atoms with Crippen molar-refractivity contribution in [3.05, 3.63) is 22.6 Å². The SMILES string of the molecule is CC1CCCN(c2cnn(CCCCCl)c(=O)c2)C1. The van der Waals surface area contributed by atoms with Gasteiger partial charge in [0, 0.05) is 31.6 Å². The van der Waals surface area contributed by atoms with E-state index in [1.54, 1.807) is 6.07 Å². The third-order valence-corrected chi connectivity index (χ3v) is 3.90. The first-order valence-corrected chi connectivity index (χ1v) is 7.62. The summed E-state index contributed by atoms with van der Waals surface area (Å²) < 4.78 is 1.53. The Balaban J connectivity index is 2.03. The monoisotopic (exact) mass is 283 g/mol. The molecule has 0 saturated carbocycles. The topological polar surface area (TPSA) is 38.1 Å². The molecule has 0 N–H and O–H groups in total. The molecular formula is C14H22ClN3O. The quantitative estimate of drug-likeness (QED) is 0.616. The third-order valence-electron chi connectivity index (χ3n) is 3.63. The van der Waals surface area contributed by atoms with Gasteiger partial charge in [-0.2, -0.15) is 5.10 Å². The fraction of sp³-hybridized carbons (Fsp3) is 0.714. The number of piperidine rings is 1. The summed E-state index contributed by atoms with van der Waals surface area (Å²) in [7, 11) is 0. The predicted molar refractivity (Wildman–Crippen MR) is 79.1 cm³/mol. The maximum Gasteiger partial charge on any atom is 0.268 e. The molecule has 1 aromatic heterocycles. The van der Waals surface area contributed by atoms with Crippen molar-refractivity contribution in [2.24, 2.45) is 5.92 Å². The van der Waals surface area contributed by atoms with Crippen LogP contribution in [0.2, 0.25) is 0 Å². The molecule has 106 valence electrons. The zero-order chi connectivity index (χ0) is 13.7. The first-order valence-electron chi connectivity index (χ1n) is 7.09. The standard InChI is InChI=1S/C14H22ClN3O/c1-12-5-4-7-17(11-12)13-9-14(19)18(16-10-13)8-3-2-6-15/h9-10,12H,2-8,11H2,1H3. The zero-order valence-corrected chi connectivity index (χ0v) is 12.3. The van der Waals surface area contributed by atoms with Crippen LogP contribution in [0.5, 0.6) is 0 Å². The molecule has 0 spiro atoms. The van der Waals surface area contributed by atoms with Crippen LogP contribution in [0, 0.1) is 5.92 Å². The maximum atomic E-state index is 12.0. The van der Waals surface area contributed by atoms with Crippen LogP contribution in [0.25, 0.3) is 0 Å². The number of unbranched alkanes of at least 4 members (excludes halogenated alkanes) is 1. The van der Waals surface area contributed by atoms with Crippen LogP contribution in [0.4, 0.5) is 5.69 Å². The summed E-state index contributed by atoms with van der Waals surface area (Å²) in [5.41, 5.74) is 0.954. The average molecular weight is 284 g/mol. The number of nitrogens with zero attached hydrogens (tertiary/aromatic N) is 3. The minimum atomic E-state index is -0.00898. The van der Waals surface area contributed by atoms with Crippen molar-refractivity contribution in [1.29, 1.82) is 0 Å². The Labute approximate surface area is 119 Å². The highest BCUT2D eigenvalue weighted by atomic mass is 35.5. The molecular weight excluding hydrogens is 262 g/mol. The van der Waals surface area contributed by atoms with E-state index in [2.05, 4.69) is 16.9 Å². The highest BCUT2D eigenvalue weighted by Crippen LogP contribution is 2.20. The van der Waals surface area contributed by atoms with E-state index < -0.39 is 0 Å². The molecule has 1 aromatic rings. The number of anilines is 1. The van der Waals surface area contributed by atoms with Gasteiger partial charge in [0.1, 0.15) is 0 Å². The van der Waals surface area contributed by atoms with Crippen LogP contribution in [0.1, 0.15) is 32.6 Å². The lowest BCUT2D eigenvalue weighted by Crippen LogP contribution is -2.35. The van der Waals surface area contributed by atoms with Gasteiger partial charge in [0.05, 0.1) is 11.9 Å². The average Bonchev–Trinajstić information content (AvgIpc) is 2.41. The summed E-state index contributed by atoms with van der Waals surface area (Å²) in [4.78, 5) is 14.3. The van der Waals surface area contributed by atoms with Gasteiger partial charge >= 0.3 is 0 Å². The molecule has 0 aliphatic carbocycles. The molecule has 1 unspecified atom stereocenters. The summed E-state index contributed by atoms with van der Waals surface area (Å²) in [6.07, 6.45) is 6.11. The fourth-order valence-electron chi connectivity index (χ4n) is 2.54. The smallest absolute Gasteiger partial charge is 0.268 e. The molecule has 2 heterocycles. The Hall–Kier alpha value is -1.03. The van der Waals surface area contributed by atoms with E-state index in [0.29, 0.717) is 18.3 Å². The first-order chi connectivity index (χ1) is 9.20. The Kier molecular flexibility index (Phi) is 5.25. The van der Waals surface area contributed by atoms with Crippen molar-refractivity contribution in [2.45, 2.75) is 39.2 Å². The number of alkyl halides is 1. The van der Waals surface area contributed by atoms with Crippen LogP contribution in [-0.4, -0.2) is 28.8 Å². The van der Waals surface area contributed by atoms with Crippen molar-refractivity contribution in [3.8, 4) is 0 Å². The molecule has 1 fully saturated rings. The van der Waals surface area contributed by atoms with Crippen molar-refractivity contribution in [3.63, 3.8) is 0 Å². The minimum absolute atomic E-state index is 0.00898. The predicted octanol–water partition coefficient (Wildman–Crippen LogP) is 2.50. The number of halogens is 1. The van der Waals surface area contributed by atoms with Crippen LogP contribution >= 0.6 is 11.6 Å². The van der Waals surface area contributed by atoms with E-state index in [9.17, 15) is 4.79 Å². The number of hydrogen-bond acceptors (Lipinski definition) is 3. The van der Waals surface area contributed by atoms with Gasteiger partial charge in [-0.25, -0.2) is 4.68 Å². The molecule has 0 aromatic carbocycles. The summed E-state index contributed by atoms with van der Waals surface area (Å²) in [6, 6.07) is 1.71. The normalized spacial score (nSPS) is 19.7. The Bertz CT molecular complexity index is 460. The van der Waals surface area contributed by atoms with Gasteiger partial charge in [-0.3, -0.25) is 4.79 Å². The molecule has 0 bridgehead atoms. The summed E-state index contributed by atoms with van der Waals surface area (Å²) in [5, 5.41) is 4.27. The van der Waals surface area contributed by atoms with Crippen LogP contribution < -0.4 is 10.5 Å². The van der Waals surface area contributed by atoms with E-state index in [-0.39, 0.29) is 5.56 Å². The highest BCUT2D eigenvalue weighted by molar-refractivity contribution is 6.17. The number of aromatic nitrogens is 2. The van der Waals surface area contributed by atoms with Crippen molar-refractivity contribution in [1.82, 2.24) is 9.78 Å². The second-order valence-corrected chi connectivity index (χ2v) is 5.74. The lowest BCUT2D eigenvalue weighted by molar-refractivity contribution is 0.445. The zero-order valence-electron chi connectivity index (χ0n) is 11.5. The van der Waals surface area contributed by atoms with Crippen molar-refractivity contribution < 1.29 is 0 Å². The van der Waals surface area contributed by atoms with Gasteiger partial charge in [0.25, 0.3) is 5.56 Å². The molecule has 1 aliphatic rings. The van der Waals surface area contributed by atoms with Crippen LogP contribution in [0.15, 0.2) is 17.1 Å². The first kappa shape index (κ1) is 14.4. The molecule has 1 aliphatic heterocycles. The van der Waals surface area contributed by atoms with E-state index in [4.69, 9.17) is 11.6 Å². The summed E-state index contributed by atoms with van der Waals surface area (Å²) in [5.74, 6) is 1.33. The highest BCUT2D eigenvalue weighted by Gasteiger charge is 2.17. The van der Waals surface area contributed by atoms with E-state index in [1.807, 2.05) is 6.20 Å². The van der Waals surface area contributed by atoms with Crippen LogP contribution in [-0.2, 0) is 6.54 Å². The Morgan fingerprint density at radius 2 is 2.32 bits per heavy atom. The maximum absolute atomic E-state index is 12.0. The number of aryl methyl sites for hydroxylation is 1. The second kappa shape index (κ2) is 6.94. The van der Waals surface area contributed by atoms with E-state index in [1.165, 1.54) is 17.5 Å². The number of rotatable bonds is 5. The van der Waals surface area contributed by atoms with Gasteiger partial charge in [-0.05, 0) is 31.6 Å². The third kappa shape index (κ3) is 3.96. The molecule has 5 heteroatoms. The second-order valence-electron chi connectivity index (χ2n) is 5.36. The fourth-order valence-corrected chi connectivity index (χ4v) is 2.73. The lowest BCUT2D eigenvalue weighted by atomic mass is 10.00. The van der Waals surface area contributed by atoms with Gasteiger partial charge in [-0.15, -0.1) is 11.6 Å². The van der Waals surface area contributed by atoms with Crippen molar-refractivity contribution >= 4 is 17.3 Å². The summed E-state index contributed by atoms with van der Waals surface area (Å²) >= 11 is 5.63. The van der Waals surface area contributed by atoms with Gasteiger partial charge in [-0.1, -0.05) is 6.92 Å². The van der Waals surface area contributed by atoms with Gasteiger partial charge in [0.2, 0.25) is 0 Å². The van der Waals surface area contributed by atoms with Gasteiger partial charge < -0.3 is 4.90 Å². The largest absolute Gasteiger partial charge is 0.370 e. The van der Waals surface area contributed by atoms with E-state index >= 15 is 0 Å². The number of hydrogen-bond donors (Lipinski definition) is 0. The Morgan fingerprint density at radius 3 is 3.00 bits per heavy atom. The molecule has 4 nitrogen and oxygen atoms in total.